The van der Waals surface area contributed by atoms with Crippen molar-refractivity contribution in [2.45, 2.75) is 59.4 Å². The molecule has 0 heterocycles. The topological polar surface area (TPSA) is 21.3 Å². The van der Waals surface area contributed by atoms with E-state index in [0.29, 0.717) is 0 Å². The van der Waals surface area contributed by atoms with Gasteiger partial charge in [-0.3, -0.25) is 0 Å². The lowest BCUT2D eigenvalue weighted by Gasteiger charge is -2.24. The summed E-state index contributed by atoms with van der Waals surface area (Å²) in [5, 5.41) is 3.56. The zero-order valence-corrected chi connectivity index (χ0v) is 11.2. The van der Waals surface area contributed by atoms with E-state index in [1.165, 1.54) is 12.8 Å². The molecule has 1 N–H and O–H groups in total. The minimum Gasteiger partial charge on any atom is -0.381 e. The van der Waals surface area contributed by atoms with Crippen LogP contribution >= 0.6 is 0 Å². The molecule has 1 atom stereocenters. The number of hydrogen-bond donors (Lipinski definition) is 1. The summed E-state index contributed by atoms with van der Waals surface area (Å²) in [6.07, 6.45) is 3.54. The summed E-state index contributed by atoms with van der Waals surface area (Å²) < 4.78 is 5.52. The summed E-state index contributed by atoms with van der Waals surface area (Å²) in [4.78, 5) is 0. The molecule has 0 bridgehead atoms. The van der Waals surface area contributed by atoms with Gasteiger partial charge in [0.2, 0.25) is 0 Å². The first-order valence-electron chi connectivity index (χ1n) is 6.32. The maximum Gasteiger partial charge on any atom is 0.0469 e. The maximum atomic E-state index is 5.52. The highest BCUT2D eigenvalue weighted by molar-refractivity contribution is 4.72. The highest BCUT2D eigenvalue weighted by atomic mass is 16.5. The van der Waals surface area contributed by atoms with Crippen LogP contribution in [0.4, 0.5) is 0 Å². The van der Waals surface area contributed by atoms with Crippen LogP contribution in [-0.4, -0.2) is 25.3 Å². The molecule has 0 aliphatic rings. The molecule has 0 amide bonds. The van der Waals surface area contributed by atoms with E-state index in [1.54, 1.807) is 0 Å². The molecule has 0 aliphatic heterocycles. The molecule has 92 valence electrons. The average Bonchev–Trinajstić information content (AvgIpc) is 2.15. The van der Waals surface area contributed by atoms with Gasteiger partial charge in [-0.15, -0.1) is 0 Å². The van der Waals surface area contributed by atoms with Gasteiger partial charge in [-0.2, -0.15) is 0 Å². The van der Waals surface area contributed by atoms with Gasteiger partial charge in [-0.1, -0.05) is 20.3 Å². The fraction of sp³-hybridized carbons (Fsp3) is 1.00. The summed E-state index contributed by atoms with van der Waals surface area (Å²) in [7, 11) is 0. The third-order valence-electron chi connectivity index (χ3n) is 2.52. The monoisotopic (exact) mass is 215 g/mol. The van der Waals surface area contributed by atoms with Gasteiger partial charge >= 0.3 is 0 Å². The first-order chi connectivity index (χ1) is 6.99. The molecule has 2 nitrogen and oxygen atoms in total. The van der Waals surface area contributed by atoms with E-state index >= 15 is 0 Å². The minimum absolute atomic E-state index is 0.234. The SMILES string of the molecule is CCCOCCC(CC)CNC(C)(C)C. The largest absolute Gasteiger partial charge is 0.381 e. The van der Waals surface area contributed by atoms with Gasteiger partial charge in [0.1, 0.15) is 0 Å². The molecule has 0 rings (SSSR count). The number of ether oxygens (including phenoxy) is 1. The van der Waals surface area contributed by atoms with Crippen LogP contribution in [0.15, 0.2) is 0 Å². The van der Waals surface area contributed by atoms with Crippen molar-refractivity contribution in [3.05, 3.63) is 0 Å². The Balaban J connectivity index is 3.55. The molecule has 1 unspecified atom stereocenters. The molecule has 0 aromatic carbocycles. The van der Waals surface area contributed by atoms with Crippen LogP contribution in [0.1, 0.15) is 53.9 Å². The van der Waals surface area contributed by atoms with Crippen LogP contribution in [0.2, 0.25) is 0 Å². The van der Waals surface area contributed by atoms with Gasteiger partial charge in [0.25, 0.3) is 0 Å². The fourth-order valence-corrected chi connectivity index (χ4v) is 1.40. The van der Waals surface area contributed by atoms with Crippen LogP contribution < -0.4 is 5.32 Å². The Morgan fingerprint density at radius 2 is 1.80 bits per heavy atom. The predicted molar refractivity (Wildman–Crippen MR) is 67.3 cm³/mol. The van der Waals surface area contributed by atoms with Gasteiger partial charge in [0, 0.05) is 18.8 Å². The lowest BCUT2D eigenvalue weighted by Crippen LogP contribution is -2.39. The molecule has 0 aromatic heterocycles. The smallest absolute Gasteiger partial charge is 0.0469 e. The van der Waals surface area contributed by atoms with Crippen molar-refractivity contribution in [3.63, 3.8) is 0 Å². The summed E-state index contributed by atoms with van der Waals surface area (Å²) in [6, 6.07) is 0. The Morgan fingerprint density at radius 1 is 1.13 bits per heavy atom. The van der Waals surface area contributed by atoms with Crippen molar-refractivity contribution < 1.29 is 4.74 Å². The van der Waals surface area contributed by atoms with Gasteiger partial charge in [0.05, 0.1) is 0 Å². The zero-order valence-electron chi connectivity index (χ0n) is 11.2. The van der Waals surface area contributed by atoms with Crippen LogP contribution in [0.3, 0.4) is 0 Å². The Bertz CT molecular complexity index is 140. The average molecular weight is 215 g/mol. The van der Waals surface area contributed by atoms with Crippen molar-refractivity contribution >= 4 is 0 Å². The minimum atomic E-state index is 0.234. The fourth-order valence-electron chi connectivity index (χ4n) is 1.40. The number of hydrogen-bond acceptors (Lipinski definition) is 2. The van der Waals surface area contributed by atoms with E-state index in [4.69, 9.17) is 4.74 Å². The normalized spacial score (nSPS) is 14.2. The predicted octanol–water partition coefficient (Wildman–Crippen LogP) is 3.22. The Morgan fingerprint density at radius 3 is 2.27 bits per heavy atom. The van der Waals surface area contributed by atoms with Crippen molar-refractivity contribution in [2.24, 2.45) is 5.92 Å². The first kappa shape index (κ1) is 14.9. The van der Waals surface area contributed by atoms with Crippen molar-refractivity contribution in [1.29, 1.82) is 0 Å². The summed E-state index contributed by atoms with van der Waals surface area (Å²) in [5.74, 6) is 0.751. The number of nitrogens with one attached hydrogen (secondary N) is 1. The second kappa shape index (κ2) is 8.12. The number of rotatable bonds is 8. The van der Waals surface area contributed by atoms with Crippen LogP contribution in [0.25, 0.3) is 0 Å². The third kappa shape index (κ3) is 10.2. The van der Waals surface area contributed by atoms with Crippen LogP contribution in [-0.2, 0) is 4.74 Å². The zero-order chi connectivity index (χ0) is 11.7. The molecule has 15 heavy (non-hydrogen) atoms. The Kier molecular flexibility index (Phi) is 8.07. The van der Waals surface area contributed by atoms with Gasteiger partial charge in [-0.25, -0.2) is 0 Å². The van der Waals surface area contributed by atoms with E-state index in [1.807, 2.05) is 0 Å². The Labute approximate surface area is 95.8 Å². The first-order valence-corrected chi connectivity index (χ1v) is 6.32. The second-order valence-corrected chi connectivity index (χ2v) is 5.31. The van der Waals surface area contributed by atoms with Gasteiger partial charge in [-0.05, 0) is 46.1 Å². The molecule has 0 aliphatic carbocycles. The van der Waals surface area contributed by atoms with Crippen molar-refractivity contribution in [3.8, 4) is 0 Å². The molecule has 0 saturated carbocycles. The highest BCUT2D eigenvalue weighted by Crippen LogP contribution is 2.09. The third-order valence-corrected chi connectivity index (χ3v) is 2.52. The van der Waals surface area contributed by atoms with E-state index in [2.05, 4.69) is 39.9 Å². The Hall–Kier alpha value is -0.0800. The molecule has 0 aromatic rings. The lowest BCUT2D eigenvalue weighted by molar-refractivity contribution is 0.118. The lowest BCUT2D eigenvalue weighted by atomic mass is 10.0. The van der Waals surface area contributed by atoms with Crippen molar-refractivity contribution in [2.75, 3.05) is 19.8 Å². The summed E-state index contributed by atoms with van der Waals surface area (Å²) >= 11 is 0. The van der Waals surface area contributed by atoms with E-state index in [-0.39, 0.29) is 5.54 Å². The molecule has 2 heteroatoms. The summed E-state index contributed by atoms with van der Waals surface area (Å²) in [6.45, 7) is 14.0. The standard InChI is InChI=1S/C13H29NO/c1-6-9-15-10-8-12(7-2)11-14-13(3,4)5/h12,14H,6-11H2,1-5H3. The van der Waals surface area contributed by atoms with Gasteiger partial charge in [0.15, 0.2) is 0 Å². The van der Waals surface area contributed by atoms with Gasteiger partial charge < -0.3 is 10.1 Å². The van der Waals surface area contributed by atoms with Crippen LogP contribution in [0.5, 0.6) is 0 Å². The molecule has 0 spiro atoms. The molecule has 0 radical (unpaired) electrons. The van der Waals surface area contributed by atoms with Crippen molar-refractivity contribution in [1.82, 2.24) is 5.32 Å². The van der Waals surface area contributed by atoms with E-state index < -0.39 is 0 Å². The van der Waals surface area contributed by atoms with E-state index in [0.717, 1.165) is 32.1 Å². The molecule has 0 saturated heterocycles. The quantitative estimate of drug-likeness (QED) is 0.628. The molecule has 0 fully saturated rings. The molecular formula is C13H29NO. The van der Waals surface area contributed by atoms with Crippen LogP contribution in [0, 0.1) is 5.92 Å². The summed E-state index contributed by atoms with van der Waals surface area (Å²) in [5.41, 5.74) is 0.234. The van der Waals surface area contributed by atoms with E-state index in [9.17, 15) is 0 Å². The maximum absolute atomic E-state index is 5.52. The second-order valence-electron chi connectivity index (χ2n) is 5.31. The molecular weight excluding hydrogens is 186 g/mol. The highest BCUT2D eigenvalue weighted by Gasteiger charge is 2.12.